The first kappa shape index (κ1) is 13.7. The Labute approximate surface area is 120 Å². The second kappa shape index (κ2) is 5.27. The van der Waals surface area contributed by atoms with E-state index in [1.165, 1.54) is 11.0 Å². The number of hydrogen-bond donors (Lipinski definition) is 1. The highest BCUT2D eigenvalue weighted by molar-refractivity contribution is 5.92. The van der Waals surface area contributed by atoms with Crippen LogP contribution < -0.4 is 0 Å². The first-order chi connectivity index (χ1) is 10.0. The van der Waals surface area contributed by atoms with Crippen LogP contribution in [0.15, 0.2) is 24.3 Å². The number of H-pyrrole nitrogens is 1. The summed E-state index contributed by atoms with van der Waals surface area (Å²) in [6.07, 6.45) is 2.25. The number of carbonyl (C=O) groups is 1. The molecular weight excluding hydrogens is 276 g/mol. The zero-order valence-electron chi connectivity index (χ0n) is 11.6. The Balaban J connectivity index is 1.69. The van der Waals surface area contributed by atoms with Gasteiger partial charge >= 0.3 is 0 Å². The fraction of sp³-hybridized carbons (Fsp3) is 0.333. The quantitative estimate of drug-likeness (QED) is 0.941. The number of aromatic amines is 1. The molecule has 1 aliphatic rings. The summed E-state index contributed by atoms with van der Waals surface area (Å²) in [5.74, 6) is -1.56. The van der Waals surface area contributed by atoms with Crippen molar-refractivity contribution in [1.82, 2.24) is 15.1 Å². The monoisotopic (exact) mass is 291 g/mol. The van der Waals surface area contributed by atoms with Crippen molar-refractivity contribution in [3.8, 4) is 0 Å². The van der Waals surface area contributed by atoms with Crippen LogP contribution in [-0.4, -0.2) is 28.1 Å². The van der Waals surface area contributed by atoms with E-state index in [0.29, 0.717) is 17.2 Å². The molecule has 2 aromatic rings. The van der Waals surface area contributed by atoms with E-state index in [1.807, 2.05) is 0 Å². The molecule has 21 heavy (non-hydrogen) atoms. The minimum absolute atomic E-state index is 0.196. The summed E-state index contributed by atoms with van der Waals surface area (Å²) >= 11 is 0. The molecule has 0 radical (unpaired) electrons. The largest absolute Gasteiger partial charge is 0.336 e. The van der Waals surface area contributed by atoms with E-state index in [0.717, 1.165) is 30.7 Å². The average molecular weight is 291 g/mol. The van der Waals surface area contributed by atoms with Crippen molar-refractivity contribution in [1.29, 1.82) is 0 Å². The molecule has 0 aliphatic heterocycles. The molecule has 110 valence electrons. The highest BCUT2D eigenvalue weighted by atomic mass is 19.2. The molecular formula is C15H15F2N3O. The number of rotatable bonds is 4. The second-order valence-electron chi connectivity index (χ2n) is 5.39. The van der Waals surface area contributed by atoms with E-state index in [-0.39, 0.29) is 12.5 Å². The van der Waals surface area contributed by atoms with Gasteiger partial charge in [0, 0.05) is 25.2 Å². The second-order valence-corrected chi connectivity index (χ2v) is 5.39. The minimum Gasteiger partial charge on any atom is -0.336 e. The highest BCUT2D eigenvalue weighted by Gasteiger charge is 2.27. The lowest BCUT2D eigenvalue weighted by molar-refractivity contribution is 0.0779. The zero-order chi connectivity index (χ0) is 15.0. The topological polar surface area (TPSA) is 49.0 Å². The van der Waals surface area contributed by atoms with Gasteiger partial charge in [-0.05, 0) is 36.6 Å². The van der Waals surface area contributed by atoms with Gasteiger partial charge in [-0.3, -0.25) is 9.89 Å². The predicted molar refractivity (Wildman–Crippen MR) is 72.7 cm³/mol. The molecule has 0 atom stereocenters. The van der Waals surface area contributed by atoms with Crippen molar-refractivity contribution in [2.24, 2.45) is 0 Å². The molecule has 3 rings (SSSR count). The number of hydrogen-bond acceptors (Lipinski definition) is 2. The number of nitrogens with zero attached hydrogens (tertiary/aromatic N) is 2. The molecule has 1 fully saturated rings. The average Bonchev–Trinajstić information content (AvgIpc) is 3.20. The van der Waals surface area contributed by atoms with Crippen LogP contribution in [0.2, 0.25) is 0 Å². The summed E-state index contributed by atoms with van der Waals surface area (Å²) in [5.41, 5.74) is 1.87. The van der Waals surface area contributed by atoms with Gasteiger partial charge in [0.15, 0.2) is 11.6 Å². The Kier molecular flexibility index (Phi) is 3.45. The lowest BCUT2D eigenvalue weighted by Gasteiger charge is -2.15. The summed E-state index contributed by atoms with van der Waals surface area (Å²) < 4.78 is 26.0. The number of carbonyl (C=O) groups excluding carboxylic acids is 1. The van der Waals surface area contributed by atoms with E-state index in [9.17, 15) is 13.6 Å². The third-order valence-electron chi connectivity index (χ3n) is 3.58. The number of nitrogens with one attached hydrogen (secondary N) is 1. The van der Waals surface area contributed by atoms with Crippen molar-refractivity contribution in [2.75, 3.05) is 7.05 Å². The van der Waals surface area contributed by atoms with Gasteiger partial charge in [0.05, 0.1) is 0 Å². The molecule has 1 aromatic carbocycles. The summed E-state index contributed by atoms with van der Waals surface area (Å²) in [6.45, 7) is 0.196. The summed E-state index contributed by atoms with van der Waals surface area (Å²) in [5, 5.41) is 6.90. The molecule has 6 heteroatoms. The molecule has 1 aliphatic carbocycles. The van der Waals surface area contributed by atoms with Crippen molar-refractivity contribution in [3.63, 3.8) is 0 Å². The van der Waals surface area contributed by atoms with Gasteiger partial charge in [0.1, 0.15) is 5.69 Å². The summed E-state index contributed by atoms with van der Waals surface area (Å²) in [7, 11) is 1.61. The van der Waals surface area contributed by atoms with Gasteiger partial charge in [-0.15, -0.1) is 0 Å². The van der Waals surface area contributed by atoms with Crippen LogP contribution in [0.1, 0.15) is 40.5 Å². The lowest BCUT2D eigenvalue weighted by Crippen LogP contribution is -2.26. The maximum absolute atomic E-state index is 13.2. The van der Waals surface area contributed by atoms with E-state index in [2.05, 4.69) is 10.2 Å². The van der Waals surface area contributed by atoms with Gasteiger partial charge in [-0.25, -0.2) is 8.78 Å². The summed E-state index contributed by atoms with van der Waals surface area (Å²) in [6, 6.07) is 5.38. The predicted octanol–water partition coefficient (Wildman–Crippen LogP) is 2.84. The fourth-order valence-corrected chi connectivity index (χ4v) is 2.23. The number of aromatic nitrogens is 2. The molecule has 1 heterocycles. The standard InChI is InChI=1S/C15H15F2N3O/c1-20(8-9-2-5-11(16)12(17)6-9)15(21)14-7-13(18-19-14)10-3-4-10/h2,5-7,10H,3-4,8H2,1H3,(H,18,19). The van der Waals surface area contributed by atoms with Crippen molar-refractivity contribution >= 4 is 5.91 Å². The number of benzene rings is 1. The SMILES string of the molecule is CN(Cc1ccc(F)c(F)c1)C(=O)c1cc(C2CC2)[nH]n1. The molecule has 0 spiro atoms. The Bertz CT molecular complexity index is 679. The van der Waals surface area contributed by atoms with E-state index >= 15 is 0 Å². The molecule has 1 aromatic heterocycles. The van der Waals surface area contributed by atoms with E-state index in [1.54, 1.807) is 13.1 Å². The van der Waals surface area contributed by atoms with Crippen LogP contribution >= 0.6 is 0 Å². The van der Waals surface area contributed by atoms with E-state index in [4.69, 9.17) is 0 Å². The van der Waals surface area contributed by atoms with Gasteiger partial charge in [-0.2, -0.15) is 5.10 Å². The van der Waals surface area contributed by atoms with Crippen LogP contribution in [-0.2, 0) is 6.54 Å². The first-order valence-electron chi connectivity index (χ1n) is 6.79. The van der Waals surface area contributed by atoms with Crippen molar-refractivity contribution in [2.45, 2.75) is 25.3 Å². The van der Waals surface area contributed by atoms with Gasteiger partial charge in [0.2, 0.25) is 0 Å². The summed E-state index contributed by atoms with van der Waals surface area (Å²) in [4.78, 5) is 13.7. The van der Waals surface area contributed by atoms with Crippen LogP contribution in [0.3, 0.4) is 0 Å². The number of amides is 1. The van der Waals surface area contributed by atoms with Gasteiger partial charge in [-0.1, -0.05) is 6.07 Å². The Morgan fingerprint density at radius 3 is 2.76 bits per heavy atom. The van der Waals surface area contributed by atoms with Crippen molar-refractivity contribution in [3.05, 3.63) is 52.9 Å². The zero-order valence-corrected chi connectivity index (χ0v) is 11.6. The molecule has 0 unspecified atom stereocenters. The molecule has 0 bridgehead atoms. The lowest BCUT2D eigenvalue weighted by atomic mass is 10.2. The van der Waals surface area contributed by atoms with Crippen LogP contribution in [0.4, 0.5) is 8.78 Å². The molecule has 1 amide bonds. The third-order valence-corrected chi connectivity index (χ3v) is 3.58. The number of halogens is 2. The fourth-order valence-electron chi connectivity index (χ4n) is 2.23. The normalized spacial score (nSPS) is 14.2. The maximum atomic E-state index is 13.2. The highest BCUT2D eigenvalue weighted by Crippen LogP contribution is 2.39. The minimum atomic E-state index is -0.913. The van der Waals surface area contributed by atoms with E-state index < -0.39 is 11.6 Å². The Hall–Kier alpha value is -2.24. The molecule has 1 saturated carbocycles. The van der Waals surface area contributed by atoms with Gasteiger partial charge < -0.3 is 4.90 Å². The van der Waals surface area contributed by atoms with Crippen LogP contribution in [0.5, 0.6) is 0 Å². The smallest absolute Gasteiger partial charge is 0.274 e. The van der Waals surface area contributed by atoms with Crippen molar-refractivity contribution < 1.29 is 13.6 Å². The van der Waals surface area contributed by atoms with Gasteiger partial charge in [0.25, 0.3) is 5.91 Å². The van der Waals surface area contributed by atoms with Crippen LogP contribution in [0, 0.1) is 11.6 Å². The third kappa shape index (κ3) is 2.94. The Morgan fingerprint density at radius 2 is 2.10 bits per heavy atom. The maximum Gasteiger partial charge on any atom is 0.274 e. The Morgan fingerprint density at radius 1 is 1.33 bits per heavy atom. The molecule has 4 nitrogen and oxygen atoms in total. The van der Waals surface area contributed by atoms with Crippen LogP contribution in [0.25, 0.3) is 0 Å². The molecule has 0 saturated heterocycles. The molecule has 1 N–H and O–H groups in total. The first-order valence-corrected chi connectivity index (χ1v) is 6.79.